The lowest BCUT2D eigenvalue weighted by Crippen LogP contribution is -2.16. The number of hydrogen-bond donors (Lipinski definition) is 0. The molecule has 0 radical (unpaired) electrons. The van der Waals surface area contributed by atoms with Gasteiger partial charge >= 0.3 is 0 Å². The van der Waals surface area contributed by atoms with E-state index in [0.717, 1.165) is 0 Å². The first-order chi connectivity index (χ1) is 4.89. The Balaban J connectivity index is 2.15. The number of halogens is 1. The van der Waals surface area contributed by atoms with Gasteiger partial charge in [-0.1, -0.05) is 0 Å². The van der Waals surface area contributed by atoms with Gasteiger partial charge in [0.25, 0.3) is 0 Å². The lowest BCUT2D eigenvalue weighted by Gasteiger charge is -2.10. The molecule has 0 spiro atoms. The molecule has 1 rings (SSSR count). The molecule has 0 aromatic heterocycles. The fourth-order valence-electron chi connectivity index (χ4n) is 0.761. The third-order valence-corrected chi connectivity index (χ3v) is 4.48. The number of nitrogens with zero attached hydrogens (tertiary/aromatic N) is 1. The van der Waals surface area contributed by atoms with Crippen molar-refractivity contribution in [3.63, 3.8) is 0 Å². The summed E-state index contributed by atoms with van der Waals surface area (Å²) < 4.78 is 2.39. The van der Waals surface area contributed by atoms with Crippen LogP contribution < -0.4 is 0 Å². The average Bonchev–Trinajstić information content (AvgIpc) is 2.02. The zero-order chi connectivity index (χ0) is 7.23. The van der Waals surface area contributed by atoms with Gasteiger partial charge in [-0.15, -0.1) is 0 Å². The molecule has 0 bridgehead atoms. The Morgan fingerprint density at radius 2 is 1.40 bits per heavy atom. The summed E-state index contributed by atoms with van der Waals surface area (Å²) in [5, 5.41) is 0. The maximum absolute atomic E-state index is 2.42. The van der Waals surface area contributed by atoms with Crippen LogP contribution in [0.1, 0.15) is 0 Å². The van der Waals surface area contributed by atoms with Crippen LogP contribution in [0.3, 0.4) is 0 Å². The van der Waals surface area contributed by atoms with Gasteiger partial charge in [-0.05, 0) is 0 Å². The fraction of sp³-hybridized carbons (Fsp3) is 1.00. The quantitative estimate of drug-likeness (QED) is 0.497. The van der Waals surface area contributed by atoms with E-state index in [1.54, 1.807) is 0 Å². The number of hydrogen-bond acceptors (Lipinski definition) is 3. The minimum Gasteiger partial charge on any atom is -0.246 e. The van der Waals surface area contributed by atoms with Gasteiger partial charge in [-0.2, -0.15) is 23.5 Å². The van der Waals surface area contributed by atoms with Crippen molar-refractivity contribution in [2.75, 3.05) is 36.1 Å². The van der Waals surface area contributed by atoms with E-state index in [2.05, 4.69) is 49.5 Å². The normalized spacial score (nSPS) is 24.9. The molecule has 1 saturated heterocycles. The largest absolute Gasteiger partial charge is 0.246 e. The van der Waals surface area contributed by atoms with Gasteiger partial charge in [0.15, 0.2) is 0 Å². The predicted octanol–water partition coefficient (Wildman–Crippen LogP) is 2.12. The second-order valence-corrected chi connectivity index (χ2v) is 5.95. The lowest BCUT2D eigenvalue weighted by molar-refractivity contribution is 0.577. The minimum atomic E-state index is 1.26. The summed E-state index contributed by atoms with van der Waals surface area (Å²) in [6.07, 6.45) is 0. The smallest absolute Gasteiger partial charge is 0.0202 e. The Morgan fingerprint density at radius 3 is 1.90 bits per heavy atom. The highest BCUT2D eigenvalue weighted by Crippen LogP contribution is 2.12. The summed E-state index contributed by atoms with van der Waals surface area (Å²) in [4.78, 5) is 0. The van der Waals surface area contributed by atoms with Crippen LogP contribution in [0.15, 0.2) is 0 Å². The van der Waals surface area contributed by atoms with E-state index in [1.165, 1.54) is 36.1 Å². The van der Waals surface area contributed by atoms with E-state index in [1.807, 2.05) is 0 Å². The number of thioether (sulfide) groups is 2. The van der Waals surface area contributed by atoms with Crippen molar-refractivity contribution in [3.8, 4) is 0 Å². The molecule has 10 heavy (non-hydrogen) atoms. The van der Waals surface area contributed by atoms with Crippen molar-refractivity contribution >= 4 is 46.4 Å². The van der Waals surface area contributed by atoms with Crippen LogP contribution in [0.25, 0.3) is 0 Å². The Kier molecular flexibility index (Phi) is 5.66. The SMILES string of the molecule is IN1CCSCCSCC1. The highest BCUT2D eigenvalue weighted by atomic mass is 127. The first kappa shape index (κ1) is 9.48. The zero-order valence-electron chi connectivity index (χ0n) is 5.88. The summed E-state index contributed by atoms with van der Waals surface area (Å²) in [7, 11) is 0. The first-order valence-corrected chi connectivity index (χ1v) is 6.73. The molecule has 0 atom stereocenters. The molecule has 0 amide bonds. The van der Waals surface area contributed by atoms with Crippen LogP contribution in [0.4, 0.5) is 0 Å². The molecular weight excluding hydrogens is 277 g/mol. The van der Waals surface area contributed by atoms with Crippen LogP contribution in [-0.2, 0) is 0 Å². The molecule has 0 saturated carbocycles. The summed E-state index contributed by atoms with van der Waals surface area (Å²) in [6.45, 7) is 2.51. The summed E-state index contributed by atoms with van der Waals surface area (Å²) in [5.74, 6) is 5.30. The van der Waals surface area contributed by atoms with Gasteiger partial charge in [0, 0.05) is 59.0 Å². The standard InChI is InChI=1S/C6H12INS2/c7-8-1-3-9-5-6-10-4-2-8/h1-6H2. The minimum absolute atomic E-state index is 1.26. The molecule has 4 heteroatoms. The van der Waals surface area contributed by atoms with Gasteiger partial charge in [0.05, 0.1) is 0 Å². The molecule has 1 fully saturated rings. The molecule has 0 aliphatic carbocycles. The van der Waals surface area contributed by atoms with Crippen molar-refractivity contribution in [1.82, 2.24) is 3.11 Å². The van der Waals surface area contributed by atoms with E-state index in [0.29, 0.717) is 0 Å². The molecule has 1 heterocycles. The van der Waals surface area contributed by atoms with Crippen LogP contribution in [0.2, 0.25) is 0 Å². The Hall–Kier alpha value is 1.39. The fourth-order valence-corrected chi connectivity index (χ4v) is 3.95. The van der Waals surface area contributed by atoms with Crippen molar-refractivity contribution in [2.24, 2.45) is 0 Å². The molecule has 0 N–H and O–H groups in total. The topological polar surface area (TPSA) is 3.24 Å². The summed E-state index contributed by atoms with van der Waals surface area (Å²) >= 11 is 6.58. The maximum Gasteiger partial charge on any atom is 0.0202 e. The summed E-state index contributed by atoms with van der Waals surface area (Å²) in [5.41, 5.74) is 0. The third-order valence-electron chi connectivity index (χ3n) is 1.33. The maximum atomic E-state index is 2.42. The molecule has 0 aromatic rings. The Bertz CT molecular complexity index is 81.8. The third kappa shape index (κ3) is 4.31. The second kappa shape index (κ2) is 5.97. The van der Waals surface area contributed by atoms with E-state index in [9.17, 15) is 0 Å². The number of rotatable bonds is 0. The molecule has 0 aromatic carbocycles. The first-order valence-electron chi connectivity index (χ1n) is 3.46. The average molecular weight is 289 g/mol. The monoisotopic (exact) mass is 289 g/mol. The van der Waals surface area contributed by atoms with Crippen LogP contribution >= 0.6 is 46.4 Å². The van der Waals surface area contributed by atoms with Gasteiger partial charge in [0.2, 0.25) is 0 Å². The van der Waals surface area contributed by atoms with Gasteiger partial charge < -0.3 is 0 Å². The predicted molar refractivity (Wildman–Crippen MR) is 60.2 cm³/mol. The molecular formula is C6H12INS2. The lowest BCUT2D eigenvalue weighted by atomic mass is 10.7. The zero-order valence-corrected chi connectivity index (χ0v) is 9.67. The highest BCUT2D eigenvalue weighted by Gasteiger charge is 2.02. The van der Waals surface area contributed by atoms with Gasteiger partial charge in [-0.25, -0.2) is 3.11 Å². The molecule has 60 valence electrons. The molecule has 0 unspecified atom stereocenters. The van der Waals surface area contributed by atoms with E-state index in [-0.39, 0.29) is 0 Å². The Labute approximate surface area is 85.2 Å². The van der Waals surface area contributed by atoms with Crippen LogP contribution in [0, 0.1) is 0 Å². The molecule has 1 aliphatic rings. The van der Waals surface area contributed by atoms with Crippen molar-refractivity contribution in [1.29, 1.82) is 0 Å². The summed E-state index contributed by atoms with van der Waals surface area (Å²) in [6, 6.07) is 0. The van der Waals surface area contributed by atoms with Crippen LogP contribution in [-0.4, -0.2) is 39.2 Å². The van der Waals surface area contributed by atoms with E-state index >= 15 is 0 Å². The van der Waals surface area contributed by atoms with Crippen LogP contribution in [0.5, 0.6) is 0 Å². The molecule has 1 nitrogen and oxygen atoms in total. The van der Waals surface area contributed by atoms with Crippen molar-refractivity contribution in [3.05, 3.63) is 0 Å². The Morgan fingerprint density at radius 1 is 0.900 bits per heavy atom. The van der Waals surface area contributed by atoms with Gasteiger partial charge in [-0.3, -0.25) is 0 Å². The van der Waals surface area contributed by atoms with E-state index in [4.69, 9.17) is 0 Å². The second-order valence-electron chi connectivity index (χ2n) is 2.13. The van der Waals surface area contributed by atoms with Crippen molar-refractivity contribution in [2.45, 2.75) is 0 Å². The van der Waals surface area contributed by atoms with Gasteiger partial charge in [0.1, 0.15) is 0 Å². The van der Waals surface area contributed by atoms with Crippen molar-refractivity contribution < 1.29 is 0 Å². The van der Waals surface area contributed by atoms with E-state index < -0.39 is 0 Å². The molecule has 1 aliphatic heterocycles. The highest BCUT2D eigenvalue weighted by molar-refractivity contribution is 14.1.